The monoisotopic (exact) mass is 482 g/mol. The molecule has 7 heteroatoms. The highest BCUT2D eigenvalue weighted by Gasteiger charge is 2.64. The normalized spacial score (nSPS) is 14.3. The SMILES string of the molecule is C=C[Si](C)(C=C)O[Si](C)(OC)[Si](O[Si](C)(C=C)C=C)(c1ccccc1)c1ccccc1. The van der Waals surface area contributed by atoms with Crippen LogP contribution in [0.5, 0.6) is 0 Å². The largest absolute Gasteiger partial charge is 0.441 e. The van der Waals surface area contributed by atoms with E-state index in [1.165, 1.54) is 0 Å². The zero-order chi connectivity index (χ0) is 23.2. The molecule has 0 saturated heterocycles. The molecule has 0 fully saturated rings. The maximum absolute atomic E-state index is 7.29. The number of benzene rings is 2. The second kappa shape index (κ2) is 10.2. The Morgan fingerprint density at radius 2 is 0.968 bits per heavy atom. The first kappa shape index (κ1) is 25.4. The highest BCUT2D eigenvalue weighted by molar-refractivity contribution is 7.47. The molecule has 0 amide bonds. The van der Waals surface area contributed by atoms with Gasteiger partial charge in [-0.25, -0.2) is 0 Å². The molecule has 0 bridgehead atoms. The summed E-state index contributed by atoms with van der Waals surface area (Å²) in [5.74, 6) is 0. The molecule has 0 saturated carbocycles. The smallest absolute Gasteiger partial charge is 0.346 e. The molecule has 0 aromatic heterocycles. The minimum Gasteiger partial charge on any atom is -0.441 e. The van der Waals surface area contributed by atoms with Crippen LogP contribution in [-0.4, -0.2) is 39.7 Å². The van der Waals surface area contributed by atoms with Crippen molar-refractivity contribution >= 4 is 42.9 Å². The Balaban J connectivity index is 2.96. The first-order valence-corrected chi connectivity index (χ1v) is 20.6. The molecule has 2 rings (SSSR count). The molecule has 0 radical (unpaired) electrons. The topological polar surface area (TPSA) is 27.7 Å². The summed E-state index contributed by atoms with van der Waals surface area (Å²) in [7, 11) is -9.29. The Bertz CT molecular complexity index is 861. The second-order valence-corrected chi connectivity index (χ2v) is 25.6. The molecule has 2 aromatic rings. The van der Waals surface area contributed by atoms with Gasteiger partial charge >= 0.3 is 8.08 Å². The van der Waals surface area contributed by atoms with Gasteiger partial charge in [-0.15, -0.1) is 26.3 Å². The van der Waals surface area contributed by atoms with Gasteiger partial charge in [0.05, 0.1) is 0 Å². The Morgan fingerprint density at radius 1 is 0.613 bits per heavy atom. The molecule has 164 valence electrons. The number of hydrogen-bond donors (Lipinski definition) is 0. The summed E-state index contributed by atoms with van der Waals surface area (Å²) in [4.78, 5) is 0. The van der Waals surface area contributed by atoms with E-state index in [-0.39, 0.29) is 0 Å². The van der Waals surface area contributed by atoms with Gasteiger partial charge in [0.1, 0.15) is 0 Å². The van der Waals surface area contributed by atoms with E-state index in [1.807, 2.05) is 59.2 Å². The standard InChI is InChI=1S/C24H34O3Si4/c1-9-28(6,10-2)26-30(8,25-5)31(23-19-15-13-16-20-23,24-21-17-14-18-22-24)27-29(7,11-3)12-4/h9-22H,1-4H2,5-8H3. The number of rotatable bonds is 12. The van der Waals surface area contributed by atoms with Gasteiger partial charge in [-0.2, -0.15) is 0 Å². The molecule has 2 aromatic carbocycles. The molecule has 0 aliphatic heterocycles. The van der Waals surface area contributed by atoms with Crippen LogP contribution in [0.1, 0.15) is 0 Å². The molecule has 0 aliphatic carbocycles. The van der Waals surface area contributed by atoms with Crippen LogP contribution in [0.4, 0.5) is 0 Å². The van der Waals surface area contributed by atoms with Crippen molar-refractivity contribution in [2.75, 3.05) is 7.11 Å². The fourth-order valence-electron chi connectivity index (χ4n) is 3.59. The van der Waals surface area contributed by atoms with Crippen LogP contribution in [0.3, 0.4) is 0 Å². The van der Waals surface area contributed by atoms with Crippen LogP contribution < -0.4 is 10.4 Å². The van der Waals surface area contributed by atoms with Crippen LogP contribution in [0.15, 0.2) is 110 Å². The van der Waals surface area contributed by atoms with Gasteiger partial charge in [-0.1, -0.05) is 83.5 Å². The van der Waals surface area contributed by atoms with Gasteiger partial charge in [0.15, 0.2) is 0 Å². The van der Waals surface area contributed by atoms with Crippen molar-refractivity contribution in [2.24, 2.45) is 0 Å². The fraction of sp³-hybridized carbons (Fsp3) is 0.167. The van der Waals surface area contributed by atoms with Gasteiger partial charge in [0.25, 0.3) is 7.83 Å². The van der Waals surface area contributed by atoms with E-state index in [0.717, 1.165) is 10.4 Å². The van der Waals surface area contributed by atoms with Crippen LogP contribution in [0, 0.1) is 0 Å². The van der Waals surface area contributed by atoms with E-state index in [9.17, 15) is 0 Å². The maximum Gasteiger partial charge on any atom is 0.346 e. The molecule has 0 heterocycles. The summed E-state index contributed by atoms with van der Waals surface area (Å²) < 4.78 is 20.7. The minimum atomic E-state index is -3.07. The van der Waals surface area contributed by atoms with E-state index in [0.29, 0.717) is 0 Å². The van der Waals surface area contributed by atoms with E-state index in [1.54, 1.807) is 7.11 Å². The van der Waals surface area contributed by atoms with Crippen molar-refractivity contribution in [3.8, 4) is 0 Å². The van der Waals surface area contributed by atoms with Gasteiger partial charge in [-0.3, -0.25) is 0 Å². The molecule has 0 N–H and O–H groups in total. The Labute approximate surface area is 191 Å². The van der Waals surface area contributed by atoms with Crippen LogP contribution in [-0.2, 0) is 12.7 Å². The van der Waals surface area contributed by atoms with E-state index in [4.69, 9.17) is 12.7 Å². The van der Waals surface area contributed by atoms with Gasteiger partial charge < -0.3 is 12.7 Å². The molecule has 31 heavy (non-hydrogen) atoms. The van der Waals surface area contributed by atoms with Gasteiger partial charge in [0, 0.05) is 7.11 Å². The second-order valence-electron chi connectivity index (χ2n) is 7.95. The van der Waals surface area contributed by atoms with Gasteiger partial charge in [-0.05, 0) is 30.0 Å². The van der Waals surface area contributed by atoms with Crippen molar-refractivity contribution in [1.82, 2.24) is 0 Å². The van der Waals surface area contributed by atoms with E-state index in [2.05, 4.69) is 70.2 Å². The summed E-state index contributed by atoms with van der Waals surface area (Å²) in [5, 5.41) is 2.23. The molecule has 1 atom stereocenters. The minimum absolute atomic E-state index is 1.11. The Hall–Kier alpha value is -1.85. The summed E-state index contributed by atoms with van der Waals surface area (Å²) >= 11 is 0. The molecule has 0 aliphatic rings. The third-order valence-electron chi connectivity index (χ3n) is 5.80. The van der Waals surface area contributed by atoms with Crippen molar-refractivity contribution in [1.29, 1.82) is 0 Å². The summed E-state index contributed by atoms with van der Waals surface area (Å²) in [6.45, 7) is 22.6. The van der Waals surface area contributed by atoms with Crippen LogP contribution >= 0.6 is 0 Å². The van der Waals surface area contributed by atoms with Crippen molar-refractivity contribution < 1.29 is 12.7 Å². The maximum atomic E-state index is 7.29. The summed E-state index contributed by atoms with van der Waals surface area (Å²) in [5.41, 5.74) is 7.65. The molecule has 1 unspecified atom stereocenters. The van der Waals surface area contributed by atoms with Crippen molar-refractivity contribution in [2.45, 2.75) is 19.6 Å². The average molecular weight is 483 g/mol. The quantitative estimate of drug-likeness (QED) is 0.413. The third kappa shape index (κ3) is 4.98. The lowest BCUT2D eigenvalue weighted by Gasteiger charge is -2.48. The van der Waals surface area contributed by atoms with E-state index >= 15 is 0 Å². The van der Waals surface area contributed by atoms with Crippen molar-refractivity contribution in [3.63, 3.8) is 0 Å². The molecule has 0 spiro atoms. The average Bonchev–Trinajstić information content (AvgIpc) is 2.83. The Morgan fingerprint density at radius 3 is 1.29 bits per heavy atom. The predicted octanol–water partition coefficient (Wildman–Crippen LogP) is 4.63. The molecule has 3 nitrogen and oxygen atoms in total. The molecular weight excluding hydrogens is 449 g/mol. The van der Waals surface area contributed by atoms with E-state index < -0.39 is 32.5 Å². The summed E-state index contributed by atoms with van der Waals surface area (Å²) in [6, 6.07) is 20.8. The lowest BCUT2D eigenvalue weighted by molar-refractivity contribution is 0.319. The molecular formula is C24H34O3Si4. The lowest BCUT2D eigenvalue weighted by Crippen LogP contribution is -2.82. The summed E-state index contributed by atoms with van der Waals surface area (Å²) in [6.07, 6.45) is 0. The number of hydrogen-bond acceptors (Lipinski definition) is 3. The first-order valence-electron chi connectivity index (χ1n) is 10.3. The van der Waals surface area contributed by atoms with Crippen LogP contribution in [0.25, 0.3) is 0 Å². The Kier molecular flexibility index (Phi) is 8.34. The highest BCUT2D eigenvalue weighted by Crippen LogP contribution is 2.30. The zero-order valence-corrected chi connectivity index (χ0v) is 23.1. The van der Waals surface area contributed by atoms with Crippen molar-refractivity contribution in [3.05, 3.63) is 110 Å². The highest BCUT2D eigenvalue weighted by atomic mass is 29.3. The first-order chi connectivity index (χ1) is 14.7. The fourth-order valence-corrected chi connectivity index (χ4v) is 28.8. The van der Waals surface area contributed by atoms with Gasteiger partial charge in [0.2, 0.25) is 16.6 Å². The zero-order valence-electron chi connectivity index (χ0n) is 19.1. The van der Waals surface area contributed by atoms with Crippen LogP contribution in [0.2, 0.25) is 19.6 Å². The predicted molar refractivity (Wildman–Crippen MR) is 143 cm³/mol. The third-order valence-corrected chi connectivity index (χ3v) is 27.7. The lowest BCUT2D eigenvalue weighted by atomic mass is 10.4.